The molecule has 0 aliphatic carbocycles. The maximum Gasteiger partial charge on any atom is 0.292 e. The molecule has 0 aromatic heterocycles. The number of carbonyl (C=O) groups excluding carboxylic acids is 1. The summed E-state index contributed by atoms with van der Waals surface area (Å²) < 4.78 is 5.72. The lowest BCUT2D eigenvalue weighted by Crippen LogP contribution is -2.36. The Balaban J connectivity index is 3.26. The maximum atomic E-state index is 11.9. The van der Waals surface area contributed by atoms with Crippen LogP contribution < -0.4 is 0 Å². The van der Waals surface area contributed by atoms with Crippen LogP contribution in [0.2, 0.25) is 18.6 Å². The van der Waals surface area contributed by atoms with Gasteiger partial charge in [-0.2, -0.15) is 0 Å². The molecule has 0 saturated carbocycles. The Morgan fingerprint density at radius 3 is 1.33 bits per heavy atom. The Kier molecular flexibility index (Phi) is 17.6. The van der Waals surface area contributed by atoms with Crippen LogP contribution in [-0.2, 0) is 9.22 Å². The van der Waals surface area contributed by atoms with Crippen LogP contribution in [-0.4, -0.2) is 14.3 Å². The topological polar surface area (TPSA) is 26.3 Å². The minimum absolute atomic E-state index is 0.0331. The molecule has 0 spiro atoms. The van der Waals surface area contributed by atoms with E-state index in [1.165, 1.54) is 96.3 Å². The van der Waals surface area contributed by atoms with Gasteiger partial charge in [0.25, 0.3) is 14.3 Å². The van der Waals surface area contributed by atoms with Gasteiger partial charge in [0.2, 0.25) is 0 Å². The summed E-state index contributed by atoms with van der Waals surface area (Å²) in [4.78, 5) is 11.9. The summed E-state index contributed by atoms with van der Waals surface area (Å²) in [5.41, 5.74) is 0.493. The van der Waals surface area contributed by atoms with Crippen molar-refractivity contribution in [2.24, 2.45) is 0 Å². The van der Waals surface area contributed by atoms with E-state index in [4.69, 9.17) is 4.43 Å². The van der Waals surface area contributed by atoms with E-state index in [1.807, 2.05) is 0 Å². The van der Waals surface area contributed by atoms with E-state index in [0.717, 1.165) is 6.42 Å². The fourth-order valence-electron chi connectivity index (χ4n) is 3.28. The Morgan fingerprint density at radius 1 is 0.667 bits per heavy atom. The third kappa shape index (κ3) is 17.5. The highest BCUT2D eigenvalue weighted by Gasteiger charge is 2.30. The number of hydrogen-bond acceptors (Lipinski definition) is 2. The van der Waals surface area contributed by atoms with E-state index in [2.05, 4.69) is 33.9 Å². The first-order valence-corrected chi connectivity index (χ1v) is 15.1. The van der Waals surface area contributed by atoms with Crippen molar-refractivity contribution in [3.63, 3.8) is 0 Å². The first-order valence-electron chi connectivity index (χ1n) is 12.1. The van der Waals surface area contributed by atoms with Crippen LogP contribution in [0.4, 0.5) is 0 Å². The molecule has 2 nitrogen and oxygen atoms in total. The molecule has 0 aliphatic heterocycles. The van der Waals surface area contributed by atoms with Gasteiger partial charge >= 0.3 is 0 Å². The third-order valence-electron chi connectivity index (χ3n) is 6.00. The standard InChI is InChI=1S/C24H50O2Si/c1-6-7-8-9-10-11-12-13-14-15-16-17-18-19-20-21-22-24(25)26-27(4,5)23(2)3/h23H,6-22H2,1-5H3. The van der Waals surface area contributed by atoms with Crippen molar-refractivity contribution in [3.05, 3.63) is 0 Å². The molecule has 3 heteroatoms. The highest BCUT2D eigenvalue weighted by Crippen LogP contribution is 2.22. The van der Waals surface area contributed by atoms with Crippen LogP contribution in [0, 0.1) is 0 Å². The van der Waals surface area contributed by atoms with Crippen LogP contribution in [0.1, 0.15) is 130 Å². The molecule has 0 unspecified atom stereocenters. The highest BCUT2D eigenvalue weighted by atomic mass is 28.4. The van der Waals surface area contributed by atoms with E-state index in [9.17, 15) is 4.79 Å². The third-order valence-corrected chi connectivity index (χ3v) is 9.54. The number of unbranched alkanes of at least 4 members (excludes halogenated alkanes) is 15. The van der Waals surface area contributed by atoms with Crippen molar-refractivity contribution < 1.29 is 9.22 Å². The fourth-order valence-corrected chi connectivity index (χ4v) is 4.20. The maximum absolute atomic E-state index is 11.9. The summed E-state index contributed by atoms with van der Waals surface area (Å²) >= 11 is 0. The molecule has 0 rings (SSSR count). The molecule has 0 radical (unpaired) electrons. The van der Waals surface area contributed by atoms with Crippen molar-refractivity contribution in [1.82, 2.24) is 0 Å². The van der Waals surface area contributed by atoms with Gasteiger partial charge in [0.1, 0.15) is 0 Å². The Hall–Kier alpha value is -0.313. The van der Waals surface area contributed by atoms with Crippen molar-refractivity contribution in [2.75, 3.05) is 0 Å². The first kappa shape index (κ1) is 26.7. The predicted octanol–water partition coefficient (Wildman–Crippen LogP) is 8.80. The van der Waals surface area contributed by atoms with E-state index in [0.29, 0.717) is 12.0 Å². The van der Waals surface area contributed by atoms with Gasteiger partial charge in [0.05, 0.1) is 0 Å². The van der Waals surface area contributed by atoms with Crippen molar-refractivity contribution in [2.45, 2.75) is 149 Å². The van der Waals surface area contributed by atoms with Crippen LogP contribution in [0.5, 0.6) is 0 Å². The van der Waals surface area contributed by atoms with Crippen LogP contribution in [0.3, 0.4) is 0 Å². The molecule has 27 heavy (non-hydrogen) atoms. The molecule has 162 valence electrons. The van der Waals surface area contributed by atoms with Gasteiger partial charge in [0.15, 0.2) is 0 Å². The Morgan fingerprint density at radius 2 is 1.00 bits per heavy atom. The monoisotopic (exact) mass is 398 g/mol. The molecular weight excluding hydrogens is 348 g/mol. The van der Waals surface area contributed by atoms with Crippen LogP contribution in [0.15, 0.2) is 0 Å². The zero-order valence-corrected chi connectivity index (χ0v) is 20.4. The van der Waals surface area contributed by atoms with Crippen LogP contribution in [0.25, 0.3) is 0 Å². The molecule has 0 bridgehead atoms. The average Bonchev–Trinajstić information content (AvgIpc) is 2.60. The van der Waals surface area contributed by atoms with E-state index >= 15 is 0 Å². The van der Waals surface area contributed by atoms with E-state index < -0.39 is 8.32 Å². The molecule has 0 atom stereocenters. The molecule has 0 aromatic carbocycles. The lowest BCUT2D eigenvalue weighted by molar-refractivity contribution is -0.135. The summed E-state index contributed by atoms with van der Waals surface area (Å²) in [5, 5.41) is 0. The molecule has 0 saturated heterocycles. The van der Waals surface area contributed by atoms with E-state index in [-0.39, 0.29) is 5.97 Å². The van der Waals surface area contributed by atoms with Crippen molar-refractivity contribution >= 4 is 14.3 Å². The van der Waals surface area contributed by atoms with Crippen molar-refractivity contribution in [1.29, 1.82) is 0 Å². The average molecular weight is 399 g/mol. The summed E-state index contributed by atoms with van der Waals surface area (Å²) in [5.74, 6) is 0.0331. The fraction of sp³-hybridized carbons (Fsp3) is 0.958. The van der Waals surface area contributed by atoms with Gasteiger partial charge in [-0.25, -0.2) is 0 Å². The second-order valence-corrected chi connectivity index (χ2v) is 13.9. The quantitative estimate of drug-likeness (QED) is 0.160. The number of carbonyl (C=O) groups is 1. The smallest absolute Gasteiger partial charge is 0.292 e. The molecule has 0 amide bonds. The normalized spacial score (nSPS) is 11.9. The molecule has 0 heterocycles. The van der Waals surface area contributed by atoms with Crippen molar-refractivity contribution in [3.8, 4) is 0 Å². The largest absolute Gasteiger partial charge is 0.519 e. The van der Waals surface area contributed by atoms with Crippen LogP contribution >= 0.6 is 0 Å². The zero-order chi connectivity index (χ0) is 20.4. The first-order chi connectivity index (χ1) is 12.9. The Labute approximate surface area is 172 Å². The summed E-state index contributed by atoms with van der Waals surface area (Å²) in [7, 11) is -1.80. The van der Waals surface area contributed by atoms with Gasteiger partial charge < -0.3 is 4.43 Å². The summed E-state index contributed by atoms with van der Waals surface area (Å²) in [6.45, 7) is 10.9. The molecule has 0 aliphatic rings. The lowest BCUT2D eigenvalue weighted by atomic mass is 10.0. The second-order valence-electron chi connectivity index (χ2n) is 9.29. The Bertz CT molecular complexity index is 339. The van der Waals surface area contributed by atoms with Gasteiger partial charge in [-0.15, -0.1) is 0 Å². The SMILES string of the molecule is CCCCCCCCCCCCCCCCCCC(=O)O[Si](C)(C)C(C)C. The minimum Gasteiger partial charge on any atom is -0.519 e. The number of rotatable bonds is 19. The van der Waals surface area contributed by atoms with Gasteiger partial charge in [-0.1, -0.05) is 117 Å². The minimum atomic E-state index is -1.80. The molecular formula is C24H50O2Si. The molecule has 0 N–H and O–H groups in total. The summed E-state index contributed by atoms with van der Waals surface area (Å²) in [6, 6.07) is 0. The molecule has 0 fully saturated rings. The zero-order valence-electron chi connectivity index (χ0n) is 19.4. The van der Waals surface area contributed by atoms with Gasteiger partial charge in [-0.3, -0.25) is 4.79 Å². The highest BCUT2D eigenvalue weighted by molar-refractivity contribution is 6.73. The second kappa shape index (κ2) is 17.8. The van der Waals surface area contributed by atoms with Gasteiger partial charge in [-0.05, 0) is 25.1 Å². The lowest BCUT2D eigenvalue weighted by Gasteiger charge is -2.26. The van der Waals surface area contributed by atoms with Gasteiger partial charge in [0, 0.05) is 6.42 Å². The van der Waals surface area contributed by atoms with E-state index in [1.54, 1.807) is 0 Å². The predicted molar refractivity (Wildman–Crippen MR) is 123 cm³/mol. The molecule has 0 aromatic rings. The summed E-state index contributed by atoms with van der Waals surface area (Å²) in [6.07, 6.45) is 22.4. The number of hydrogen-bond donors (Lipinski definition) is 0.